The lowest BCUT2D eigenvalue weighted by atomic mass is 10.1. The van der Waals surface area contributed by atoms with Crippen LogP contribution in [0.25, 0.3) is 0 Å². The molecule has 0 aliphatic carbocycles. The Morgan fingerprint density at radius 2 is 1.78 bits per heavy atom. The van der Waals surface area contributed by atoms with E-state index in [4.69, 9.17) is 22.1 Å². The lowest BCUT2D eigenvalue weighted by Crippen LogP contribution is -2.04. The van der Waals surface area contributed by atoms with E-state index in [9.17, 15) is 0 Å². The van der Waals surface area contributed by atoms with Gasteiger partial charge in [0.1, 0.15) is 11.5 Å². The molecular weight excluding hydrogens is 269 g/mol. The fourth-order valence-electron chi connectivity index (χ4n) is 1.50. The molecule has 0 spiro atoms. The second kappa shape index (κ2) is 6.64. The zero-order valence-corrected chi connectivity index (χ0v) is 11.5. The zero-order valence-electron chi connectivity index (χ0n) is 9.97. The molecule has 0 saturated heterocycles. The lowest BCUT2D eigenvalue weighted by Gasteiger charge is -2.10. The van der Waals surface area contributed by atoms with Gasteiger partial charge in [-0.3, -0.25) is 0 Å². The van der Waals surface area contributed by atoms with E-state index < -0.39 is 0 Å². The Hall–Kier alpha value is -1.22. The largest absolute Gasteiger partial charge is 0.456 e. The summed E-state index contributed by atoms with van der Waals surface area (Å²) < 4.78 is 5.67. The standard InChI is InChI=1S/C14H14ClNO.ClH/c1-10(16)11-7-8-14(13(15)9-11)17-12-5-3-2-4-6-12;/h2-10H,16H2,1H3;1H. The van der Waals surface area contributed by atoms with E-state index in [1.54, 1.807) is 0 Å². The topological polar surface area (TPSA) is 35.2 Å². The zero-order chi connectivity index (χ0) is 12.3. The first-order chi connectivity index (χ1) is 8.16. The lowest BCUT2D eigenvalue weighted by molar-refractivity contribution is 0.482. The van der Waals surface area contributed by atoms with Crippen LogP contribution in [-0.4, -0.2) is 0 Å². The Kier molecular flexibility index (Phi) is 5.48. The van der Waals surface area contributed by atoms with Crippen molar-refractivity contribution in [3.8, 4) is 11.5 Å². The average Bonchev–Trinajstić information content (AvgIpc) is 2.33. The molecule has 0 aromatic heterocycles. The van der Waals surface area contributed by atoms with Crippen molar-refractivity contribution in [3.63, 3.8) is 0 Å². The molecule has 0 saturated carbocycles. The predicted octanol–water partition coefficient (Wildman–Crippen LogP) is 4.57. The van der Waals surface area contributed by atoms with Crippen molar-refractivity contribution >= 4 is 24.0 Å². The van der Waals surface area contributed by atoms with Gasteiger partial charge in [-0.05, 0) is 36.8 Å². The first-order valence-corrected chi connectivity index (χ1v) is 5.82. The minimum absolute atomic E-state index is 0. The van der Waals surface area contributed by atoms with E-state index >= 15 is 0 Å². The third kappa shape index (κ3) is 3.64. The molecule has 1 unspecified atom stereocenters. The van der Waals surface area contributed by atoms with Crippen LogP contribution in [0.3, 0.4) is 0 Å². The first kappa shape index (κ1) is 14.8. The molecule has 1 atom stereocenters. The second-order valence-electron chi connectivity index (χ2n) is 3.89. The quantitative estimate of drug-likeness (QED) is 0.895. The van der Waals surface area contributed by atoms with Crippen molar-refractivity contribution in [2.45, 2.75) is 13.0 Å². The average molecular weight is 284 g/mol. The fraction of sp³-hybridized carbons (Fsp3) is 0.143. The summed E-state index contributed by atoms with van der Waals surface area (Å²) in [6.07, 6.45) is 0. The van der Waals surface area contributed by atoms with Gasteiger partial charge < -0.3 is 10.5 Å². The van der Waals surface area contributed by atoms with Gasteiger partial charge in [0.05, 0.1) is 5.02 Å². The van der Waals surface area contributed by atoms with Gasteiger partial charge in [-0.2, -0.15) is 0 Å². The highest BCUT2D eigenvalue weighted by Crippen LogP contribution is 2.31. The molecule has 0 radical (unpaired) electrons. The number of hydrogen-bond donors (Lipinski definition) is 1. The van der Waals surface area contributed by atoms with E-state index in [1.165, 1.54) is 0 Å². The van der Waals surface area contributed by atoms with Gasteiger partial charge in [0, 0.05) is 6.04 Å². The maximum atomic E-state index is 6.14. The summed E-state index contributed by atoms with van der Waals surface area (Å²) in [5.41, 5.74) is 6.78. The highest BCUT2D eigenvalue weighted by molar-refractivity contribution is 6.32. The highest BCUT2D eigenvalue weighted by Gasteiger charge is 2.06. The van der Waals surface area contributed by atoms with E-state index in [-0.39, 0.29) is 18.4 Å². The Morgan fingerprint density at radius 1 is 1.11 bits per heavy atom. The number of ether oxygens (including phenoxy) is 1. The molecule has 0 aliphatic rings. The Morgan fingerprint density at radius 3 is 2.33 bits per heavy atom. The van der Waals surface area contributed by atoms with Crippen molar-refractivity contribution in [1.29, 1.82) is 0 Å². The molecule has 2 nitrogen and oxygen atoms in total. The Labute approximate surface area is 118 Å². The van der Waals surface area contributed by atoms with Crippen LogP contribution in [0.15, 0.2) is 48.5 Å². The molecule has 2 N–H and O–H groups in total. The van der Waals surface area contributed by atoms with E-state index in [1.807, 2.05) is 55.5 Å². The van der Waals surface area contributed by atoms with Gasteiger partial charge in [0.2, 0.25) is 0 Å². The number of benzene rings is 2. The Bertz CT molecular complexity index is 500. The molecule has 0 heterocycles. The van der Waals surface area contributed by atoms with Crippen LogP contribution in [0.5, 0.6) is 11.5 Å². The summed E-state index contributed by atoms with van der Waals surface area (Å²) in [5, 5.41) is 0.573. The van der Waals surface area contributed by atoms with Crippen molar-refractivity contribution in [1.82, 2.24) is 0 Å². The van der Waals surface area contributed by atoms with Crippen LogP contribution in [-0.2, 0) is 0 Å². The maximum Gasteiger partial charge on any atom is 0.146 e. The molecule has 96 valence electrons. The molecule has 18 heavy (non-hydrogen) atoms. The number of hydrogen-bond acceptors (Lipinski definition) is 2. The van der Waals surface area contributed by atoms with Gasteiger partial charge in [-0.1, -0.05) is 35.9 Å². The number of nitrogens with two attached hydrogens (primary N) is 1. The number of para-hydroxylation sites is 1. The third-order valence-electron chi connectivity index (χ3n) is 2.45. The third-order valence-corrected chi connectivity index (χ3v) is 2.75. The van der Waals surface area contributed by atoms with Gasteiger partial charge in [-0.15, -0.1) is 12.4 Å². The fourth-order valence-corrected chi connectivity index (χ4v) is 1.73. The van der Waals surface area contributed by atoms with Crippen LogP contribution < -0.4 is 10.5 Å². The molecular formula is C14H15Cl2NO. The molecule has 2 aromatic carbocycles. The second-order valence-corrected chi connectivity index (χ2v) is 4.30. The normalized spacial score (nSPS) is 11.5. The Balaban J connectivity index is 0.00000162. The SMILES string of the molecule is CC(N)c1ccc(Oc2ccccc2)c(Cl)c1.Cl. The molecule has 4 heteroatoms. The van der Waals surface area contributed by atoms with Crippen molar-refractivity contribution in [3.05, 3.63) is 59.1 Å². The summed E-state index contributed by atoms with van der Waals surface area (Å²) in [5.74, 6) is 1.41. The van der Waals surface area contributed by atoms with Gasteiger partial charge in [-0.25, -0.2) is 0 Å². The maximum absolute atomic E-state index is 6.14. The molecule has 2 rings (SSSR count). The summed E-state index contributed by atoms with van der Waals surface area (Å²) in [6, 6.07) is 15.1. The summed E-state index contributed by atoms with van der Waals surface area (Å²) >= 11 is 6.14. The first-order valence-electron chi connectivity index (χ1n) is 5.45. The van der Waals surface area contributed by atoms with Crippen LogP contribution in [0, 0.1) is 0 Å². The predicted molar refractivity (Wildman–Crippen MR) is 77.8 cm³/mol. The molecule has 0 amide bonds. The molecule has 0 bridgehead atoms. The number of halogens is 2. The summed E-state index contributed by atoms with van der Waals surface area (Å²) in [6.45, 7) is 1.92. The minimum Gasteiger partial charge on any atom is -0.456 e. The smallest absolute Gasteiger partial charge is 0.146 e. The van der Waals surface area contributed by atoms with E-state index in [0.717, 1.165) is 11.3 Å². The van der Waals surface area contributed by atoms with Gasteiger partial charge in [0.25, 0.3) is 0 Å². The van der Waals surface area contributed by atoms with E-state index in [2.05, 4.69) is 0 Å². The van der Waals surface area contributed by atoms with Crippen LogP contribution >= 0.6 is 24.0 Å². The summed E-state index contributed by atoms with van der Waals surface area (Å²) in [4.78, 5) is 0. The minimum atomic E-state index is -0.0294. The van der Waals surface area contributed by atoms with Crippen LogP contribution in [0.2, 0.25) is 5.02 Å². The van der Waals surface area contributed by atoms with E-state index in [0.29, 0.717) is 10.8 Å². The highest BCUT2D eigenvalue weighted by atomic mass is 35.5. The number of rotatable bonds is 3. The van der Waals surface area contributed by atoms with Crippen LogP contribution in [0.1, 0.15) is 18.5 Å². The molecule has 0 fully saturated rings. The van der Waals surface area contributed by atoms with Gasteiger partial charge in [0.15, 0.2) is 0 Å². The van der Waals surface area contributed by atoms with Gasteiger partial charge >= 0.3 is 0 Å². The monoisotopic (exact) mass is 283 g/mol. The van der Waals surface area contributed by atoms with Crippen molar-refractivity contribution < 1.29 is 4.74 Å². The summed E-state index contributed by atoms with van der Waals surface area (Å²) in [7, 11) is 0. The molecule has 0 aliphatic heterocycles. The molecule has 2 aromatic rings. The van der Waals surface area contributed by atoms with Crippen molar-refractivity contribution in [2.75, 3.05) is 0 Å². The van der Waals surface area contributed by atoms with Crippen LogP contribution in [0.4, 0.5) is 0 Å². The van der Waals surface area contributed by atoms with Crippen molar-refractivity contribution in [2.24, 2.45) is 5.73 Å².